The zero-order valence-corrected chi connectivity index (χ0v) is 37.5. The number of hydrogen-bond donors (Lipinski definition) is 3. The van der Waals surface area contributed by atoms with Gasteiger partial charge in [-0.05, 0) is 85.7 Å². The second-order valence-corrected chi connectivity index (χ2v) is 19.0. The normalized spacial score (nSPS) is 32.3. The molecule has 4 aromatic rings. The summed E-state index contributed by atoms with van der Waals surface area (Å²) in [5.74, 6) is -1.37. The molecule has 64 heavy (non-hydrogen) atoms. The second kappa shape index (κ2) is 15.3. The van der Waals surface area contributed by atoms with E-state index in [0.29, 0.717) is 50.2 Å². The SMILES string of the molecule is CCC1=C[C@@H]2CN(C1)Cc1c([nH]c3ccccc13)[C@@](C(=O)OC)(c1cc3c(cc1OC)N(C)[C@H]1[C@@](O)(CNC(=O)c4ccc(F)cc4)[C@H](OC(C)=O)[C@]4(CC)C=CCN5CC[C@]31[C@@H]54)C2. The van der Waals surface area contributed by atoms with E-state index in [1.165, 1.54) is 43.9 Å². The Hall–Kier alpha value is -5.50. The number of likely N-dealkylation sites (N-methyl/N-ethyl adjacent to an activating group) is 1. The number of para-hydroxylation sites is 1. The number of nitrogens with zero attached hydrogens (tertiary/aromatic N) is 3. The highest BCUT2D eigenvalue weighted by Crippen LogP contribution is 2.68. The maximum Gasteiger partial charge on any atom is 0.322 e. The molecule has 13 heteroatoms. The van der Waals surface area contributed by atoms with Gasteiger partial charge in [-0.3, -0.25) is 24.2 Å². The van der Waals surface area contributed by atoms with E-state index >= 15 is 4.79 Å². The number of carbonyl (C=O) groups is 3. The van der Waals surface area contributed by atoms with Gasteiger partial charge in [0.25, 0.3) is 5.91 Å². The minimum absolute atomic E-state index is 0.0149. The number of aromatic amines is 1. The molecule has 3 aromatic carbocycles. The first-order valence-electron chi connectivity index (χ1n) is 22.7. The van der Waals surface area contributed by atoms with Crippen molar-refractivity contribution in [3.05, 3.63) is 118 Å². The number of benzene rings is 3. The fourth-order valence-corrected chi connectivity index (χ4v) is 13.7. The average molecular weight is 872 g/mol. The molecule has 2 bridgehead atoms. The van der Waals surface area contributed by atoms with Crippen LogP contribution < -0.4 is 15.0 Å². The first-order chi connectivity index (χ1) is 30.8. The number of H-pyrrole nitrogens is 1. The predicted molar refractivity (Wildman–Crippen MR) is 241 cm³/mol. The molecule has 6 heterocycles. The van der Waals surface area contributed by atoms with Gasteiger partial charge in [0.05, 0.1) is 26.8 Å². The molecule has 10 rings (SSSR count). The Kier molecular flexibility index (Phi) is 10.2. The van der Waals surface area contributed by atoms with E-state index in [2.05, 4.69) is 75.3 Å². The number of esters is 2. The van der Waals surface area contributed by atoms with Crippen molar-refractivity contribution in [2.24, 2.45) is 11.3 Å². The summed E-state index contributed by atoms with van der Waals surface area (Å²) < 4.78 is 32.7. The van der Waals surface area contributed by atoms with Crippen LogP contribution in [0.3, 0.4) is 0 Å². The zero-order chi connectivity index (χ0) is 44.9. The summed E-state index contributed by atoms with van der Waals surface area (Å²) in [5.41, 5.74) is 1.88. The number of anilines is 1. The fraction of sp³-hybridized carbons (Fsp3) is 0.471. The number of halogens is 1. The van der Waals surface area contributed by atoms with Crippen molar-refractivity contribution in [2.45, 2.75) is 87.6 Å². The molecule has 6 aliphatic rings. The molecule has 1 amide bonds. The van der Waals surface area contributed by atoms with E-state index < -0.39 is 51.7 Å². The quantitative estimate of drug-likeness (QED) is 0.133. The highest BCUT2D eigenvalue weighted by atomic mass is 19.1. The summed E-state index contributed by atoms with van der Waals surface area (Å²) >= 11 is 0. The van der Waals surface area contributed by atoms with Gasteiger partial charge in [0.1, 0.15) is 28.7 Å². The number of aliphatic hydroxyl groups is 1. The number of hydrogen-bond acceptors (Lipinski definition) is 10. The Morgan fingerprint density at radius 1 is 1.02 bits per heavy atom. The third kappa shape index (κ3) is 5.85. The smallest absolute Gasteiger partial charge is 0.322 e. The molecule has 9 atom stereocenters. The molecular weight excluding hydrogens is 814 g/mol. The van der Waals surface area contributed by atoms with E-state index in [9.17, 15) is 19.1 Å². The molecule has 12 nitrogen and oxygen atoms in total. The Bertz CT molecular complexity index is 2630. The van der Waals surface area contributed by atoms with E-state index in [-0.39, 0.29) is 30.0 Å². The highest BCUT2D eigenvalue weighted by molar-refractivity contribution is 5.95. The third-order valence-electron chi connectivity index (χ3n) is 16.0. The van der Waals surface area contributed by atoms with Gasteiger partial charge in [0, 0.05) is 96.5 Å². The van der Waals surface area contributed by atoms with Gasteiger partial charge in [-0.2, -0.15) is 0 Å². The summed E-state index contributed by atoms with van der Waals surface area (Å²) in [4.78, 5) is 53.3. The van der Waals surface area contributed by atoms with Crippen LogP contribution in [0.25, 0.3) is 10.9 Å². The molecule has 336 valence electrons. The third-order valence-corrected chi connectivity index (χ3v) is 16.0. The maximum atomic E-state index is 15.3. The van der Waals surface area contributed by atoms with E-state index in [4.69, 9.17) is 14.2 Å². The topological polar surface area (TPSA) is 137 Å². The summed E-state index contributed by atoms with van der Waals surface area (Å²) in [7, 11) is 5.04. The van der Waals surface area contributed by atoms with Gasteiger partial charge in [-0.15, -0.1) is 0 Å². The van der Waals surface area contributed by atoms with Crippen LogP contribution in [0.2, 0.25) is 0 Å². The van der Waals surface area contributed by atoms with Gasteiger partial charge in [0.15, 0.2) is 0 Å². The van der Waals surface area contributed by atoms with Crippen molar-refractivity contribution >= 4 is 34.4 Å². The lowest BCUT2D eigenvalue weighted by Crippen LogP contribution is -2.81. The molecule has 1 aliphatic carbocycles. The largest absolute Gasteiger partial charge is 0.496 e. The highest BCUT2D eigenvalue weighted by Gasteiger charge is 2.78. The van der Waals surface area contributed by atoms with Gasteiger partial charge < -0.3 is 34.5 Å². The van der Waals surface area contributed by atoms with Crippen molar-refractivity contribution in [2.75, 3.05) is 58.9 Å². The lowest BCUT2D eigenvalue weighted by molar-refractivity contribution is -0.216. The minimum atomic E-state index is -1.87. The summed E-state index contributed by atoms with van der Waals surface area (Å²) in [5, 5.41) is 17.9. The van der Waals surface area contributed by atoms with Crippen LogP contribution in [0.1, 0.15) is 79.2 Å². The fourth-order valence-electron chi connectivity index (χ4n) is 13.7. The number of ether oxygens (including phenoxy) is 3. The van der Waals surface area contributed by atoms with Crippen molar-refractivity contribution in [3.63, 3.8) is 0 Å². The molecule has 5 aliphatic heterocycles. The number of nitrogens with one attached hydrogen (secondary N) is 2. The Morgan fingerprint density at radius 3 is 2.52 bits per heavy atom. The van der Waals surface area contributed by atoms with E-state index in [1.807, 2.05) is 25.2 Å². The summed E-state index contributed by atoms with van der Waals surface area (Å²) in [6, 6.07) is 16.7. The molecular formula is C51H58FN5O7. The zero-order valence-electron chi connectivity index (χ0n) is 37.5. The molecule has 1 unspecified atom stereocenters. The van der Waals surface area contributed by atoms with Crippen LogP contribution in [-0.4, -0.2) is 116 Å². The van der Waals surface area contributed by atoms with Gasteiger partial charge in [-0.25, -0.2) is 4.39 Å². The number of carbonyl (C=O) groups excluding carboxylic acids is 3. The Balaban J connectivity index is 1.23. The van der Waals surface area contributed by atoms with Gasteiger partial charge >= 0.3 is 11.9 Å². The number of fused-ring (bicyclic) bond motifs is 6. The average Bonchev–Trinajstić information content (AvgIpc) is 3.95. The predicted octanol–water partition coefficient (Wildman–Crippen LogP) is 6.15. The number of aromatic nitrogens is 1. The van der Waals surface area contributed by atoms with Crippen LogP contribution in [0.15, 0.2) is 84.5 Å². The molecule has 1 spiro atoms. The second-order valence-electron chi connectivity index (χ2n) is 19.0. The Labute approximate surface area is 373 Å². The first kappa shape index (κ1) is 42.5. The maximum absolute atomic E-state index is 15.3. The number of methoxy groups -OCH3 is 2. The van der Waals surface area contributed by atoms with Crippen molar-refractivity contribution in [1.82, 2.24) is 20.1 Å². The van der Waals surface area contributed by atoms with Gasteiger partial charge in [0.2, 0.25) is 0 Å². The van der Waals surface area contributed by atoms with Crippen molar-refractivity contribution < 1.29 is 38.1 Å². The molecule has 0 radical (unpaired) electrons. The first-order valence-corrected chi connectivity index (χ1v) is 22.7. The molecule has 1 saturated carbocycles. The lowest BCUT2D eigenvalue weighted by atomic mass is 9.47. The monoisotopic (exact) mass is 871 g/mol. The minimum Gasteiger partial charge on any atom is -0.496 e. The van der Waals surface area contributed by atoms with Crippen LogP contribution in [0.5, 0.6) is 5.75 Å². The molecule has 2 fully saturated rings. The summed E-state index contributed by atoms with van der Waals surface area (Å²) in [6.07, 6.45) is 8.01. The van der Waals surface area contributed by atoms with Crippen LogP contribution >= 0.6 is 0 Å². The molecule has 1 saturated heterocycles. The number of amides is 1. The Morgan fingerprint density at radius 2 is 1.80 bits per heavy atom. The van der Waals surface area contributed by atoms with E-state index in [1.54, 1.807) is 7.11 Å². The summed E-state index contributed by atoms with van der Waals surface area (Å²) in [6.45, 7) is 8.99. The van der Waals surface area contributed by atoms with Crippen molar-refractivity contribution in [1.29, 1.82) is 0 Å². The van der Waals surface area contributed by atoms with E-state index in [0.717, 1.165) is 52.9 Å². The van der Waals surface area contributed by atoms with Crippen LogP contribution in [0.4, 0.5) is 10.1 Å². The molecule has 1 aromatic heterocycles. The van der Waals surface area contributed by atoms with Crippen LogP contribution in [0, 0.1) is 17.2 Å². The van der Waals surface area contributed by atoms with Crippen LogP contribution in [-0.2, 0) is 36.4 Å². The van der Waals surface area contributed by atoms with Gasteiger partial charge in [-0.1, -0.05) is 55.8 Å². The molecule has 3 N–H and O–H groups in total. The van der Waals surface area contributed by atoms with Crippen molar-refractivity contribution in [3.8, 4) is 5.75 Å². The standard InChI is InChI=1S/C51H58FN5O7/c1-7-31-22-32-25-50(47(60)63-6,42-36(28-56(26-31)27-32)35-12-9-10-13-39(35)54-42)38-23-37-40(24-41(38)62-5)55(4)45-49(37)19-21-57-20-11-18-48(8-2,44(49)57)46(64-30(3)58)51(45,61)29-53-43(59)33-14-16-34(52)17-15-33/h9-18,22-24,32,44-46,54,61H,7-8,19-21,25-29H2,1-6H3,(H,53,59)/t32-,44-,45+,46+,48+,49+,50-,51-/m0/s1. The number of rotatable bonds is 9. The lowest BCUT2D eigenvalue weighted by Gasteiger charge is -2.64.